The third-order valence-electron chi connectivity index (χ3n) is 3.07. The Morgan fingerprint density at radius 3 is 2.88 bits per heavy atom. The van der Waals surface area contributed by atoms with Crippen molar-refractivity contribution >= 4 is 21.9 Å². The molecule has 3 aromatic rings. The van der Waals surface area contributed by atoms with Gasteiger partial charge in [-0.2, -0.15) is 0 Å². The summed E-state index contributed by atoms with van der Waals surface area (Å²) in [6.07, 6.45) is 2.60. The first kappa shape index (κ1) is 10.2. The normalized spacial score (nSPS) is 11.4. The molecule has 0 radical (unpaired) electrons. The van der Waals surface area contributed by atoms with Gasteiger partial charge in [0, 0.05) is 18.9 Å². The molecule has 0 aliphatic carbocycles. The molecule has 0 aliphatic heterocycles. The molecule has 4 heteroatoms. The van der Waals surface area contributed by atoms with Gasteiger partial charge < -0.3 is 10.3 Å². The van der Waals surface area contributed by atoms with Crippen LogP contribution in [0.2, 0.25) is 0 Å². The van der Waals surface area contributed by atoms with E-state index in [-0.39, 0.29) is 0 Å². The van der Waals surface area contributed by atoms with Gasteiger partial charge in [-0.05, 0) is 12.6 Å². The van der Waals surface area contributed by atoms with Crippen molar-refractivity contribution in [3.63, 3.8) is 0 Å². The first-order valence-electron chi connectivity index (χ1n) is 5.70. The molecule has 0 spiro atoms. The zero-order valence-electron chi connectivity index (χ0n) is 9.72. The lowest BCUT2D eigenvalue weighted by molar-refractivity contribution is 0.875. The smallest absolute Gasteiger partial charge is 0.130 e. The number of para-hydroxylation sites is 1. The molecule has 1 aromatic carbocycles. The Morgan fingerprint density at radius 2 is 2.06 bits per heavy atom. The first-order chi connectivity index (χ1) is 8.31. The zero-order valence-corrected chi connectivity index (χ0v) is 9.72. The number of hydrogen-bond acceptors (Lipinski definition) is 3. The molecule has 2 N–H and O–H groups in total. The van der Waals surface area contributed by atoms with E-state index in [9.17, 15) is 0 Å². The highest BCUT2D eigenvalue weighted by atomic mass is 15.0. The lowest BCUT2D eigenvalue weighted by Gasteiger charge is -1.98. The van der Waals surface area contributed by atoms with E-state index in [1.165, 1.54) is 10.9 Å². The van der Waals surface area contributed by atoms with Gasteiger partial charge in [0.25, 0.3) is 0 Å². The maximum absolute atomic E-state index is 5.54. The molecular formula is C13H14N4. The van der Waals surface area contributed by atoms with E-state index in [0.717, 1.165) is 23.3 Å². The highest BCUT2D eigenvalue weighted by molar-refractivity contribution is 6.05. The van der Waals surface area contributed by atoms with Crippen molar-refractivity contribution in [1.82, 2.24) is 14.5 Å². The van der Waals surface area contributed by atoms with Crippen molar-refractivity contribution < 1.29 is 0 Å². The molecule has 17 heavy (non-hydrogen) atoms. The summed E-state index contributed by atoms with van der Waals surface area (Å²) < 4.78 is 2.12. The van der Waals surface area contributed by atoms with Crippen LogP contribution in [-0.4, -0.2) is 21.1 Å². The van der Waals surface area contributed by atoms with E-state index in [1.807, 2.05) is 25.4 Å². The Labute approximate surface area is 99.1 Å². The van der Waals surface area contributed by atoms with E-state index in [1.54, 1.807) is 0 Å². The lowest BCUT2D eigenvalue weighted by Crippen LogP contribution is -2.06. The maximum Gasteiger partial charge on any atom is 0.130 e. The summed E-state index contributed by atoms with van der Waals surface area (Å²) in [5.74, 6) is 0.816. The number of rotatable bonds is 2. The van der Waals surface area contributed by atoms with Crippen LogP contribution in [0.5, 0.6) is 0 Å². The van der Waals surface area contributed by atoms with Gasteiger partial charge in [0.1, 0.15) is 5.82 Å². The molecule has 0 amide bonds. The summed E-state index contributed by atoms with van der Waals surface area (Å²) in [5, 5.41) is 1.17. The van der Waals surface area contributed by atoms with Crippen molar-refractivity contribution in [3.8, 4) is 0 Å². The topological polar surface area (TPSA) is 56.7 Å². The molecule has 2 heterocycles. The van der Waals surface area contributed by atoms with Crippen molar-refractivity contribution in [2.75, 3.05) is 6.54 Å². The fourth-order valence-corrected chi connectivity index (χ4v) is 2.20. The Hall–Kier alpha value is -1.94. The summed E-state index contributed by atoms with van der Waals surface area (Å²) in [6.45, 7) is 0.580. The van der Waals surface area contributed by atoms with Gasteiger partial charge in [0.05, 0.1) is 22.7 Å². The summed E-state index contributed by atoms with van der Waals surface area (Å²) in [7, 11) is 2.04. The number of hydrogen-bond donors (Lipinski definition) is 1. The largest absolute Gasteiger partial charge is 0.341 e. The van der Waals surface area contributed by atoms with Crippen LogP contribution in [0.15, 0.2) is 30.5 Å². The summed E-state index contributed by atoms with van der Waals surface area (Å²) >= 11 is 0. The van der Waals surface area contributed by atoms with Crippen LogP contribution in [0, 0.1) is 0 Å². The third-order valence-corrected chi connectivity index (χ3v) is 3.07. The zero-order chi connectivity index (χ0) is 11.8. The van der Waals surface area contributed by atoms with E-state index in [2.05, 4.69) is 26.7 Å². The predicted molar refractivity (Wildman–Crippen MR) is 68.8 cm³/mol. The molecule has 0 saturated carbocycles. The fraction of sp³-hybridized carbons (Fsp3) is 0.231. The first-order valence-corrected chi connectivity index (χ1v) is 5.70. The van der Waals surface area contributed by atoms with Crippen LogP contribution in [0.4, 0.5) is 0 Å². The van der Waals surface area contributed by atoms with Gasteiger partial charge in [-0.1, -0.05) is 18.2 Å². The molecule has 4 nitrogen and oxygen atoms in total. The van der Waals surface area contributed by atoms with Crippen LogP contribution < -0.4 is 5.73 Å². The highest BCUT2D eigenvalue weighted by Crippen LogP contribution is 2.25. The Balaban J connectivity index is 2.38. The van der Waals surface area contributed by atoms with Crippen LogP contribution in [0.3, 0.4) is 0 Å². The minimum Gasteiger partial charge on any atom is -0.341 e. The van der Waals surface area contributed by atoms with Crippen LogP contribution in [-0.2, 0) is 13.5 Å². The van der Waals surface area contributed by atoms with E-state index in [0.29, 0.717) is 6.54 Å². The number of aromatic nitrogens is 3. The monoisotopic (exact) mass is 226 g/mol. The van der Waals surface area contributed by atoms with Gasteiger partial charge in [-0.15, -0.1) is 0 Å². The standard InChI is InChI=1S/C13H14N4/c1-17-10-5-3-2-4-9(10)13-11(17)8-15-12(16-13)6-7-14/h2-5,8H,6-7,14H2,1H3. The van der Waals surface area contributed by atoms with Crippen molar-refractivity contribution in [3.05, 3.63) is 36.3 Å². The maximum atomic E-state index is 5.54. The molecular weight excluding hydrogens is 212 g/mol. The second kappa shape index (κ2) is 3.82. The molecule has 3 rings (SSSR count). The average Bonchev–Trinajstić information content (AvgIpc) is 2.65. The Kier molecular flexibility index (Phi) is 2.30. The van der Waals surface area contributed by atoms with Crippen molar-refractivity contribution in [1.29, 1.82) is 0 Å². The molecule has 0 unspecified atom stereocenters. The molecule has 0 saturated heterocycles. The minimum absolute atomic E-state index is 0.580. The molecule has 86 valence electrons. The van der Waals surface area contributed by atoms with Crippen molar-refractivity contribution in [2.45, 2.75) is 6.42 Å². The third kappa shape index (κ3) is 1.49. The Morgan fingerprint density at radius 1 is 1.24 bits per heavy atom. The van der Waals surface area contributed by atoms with Gasteiger partial charge >= 0.3 is 0 Å². The van der Waals surface area contributed by atoms with Crippen LogP contribution >= 0.6 is 0 Å². The molecule has 0 aliphatic rings. The number of nitrogens with two attached hydrogens (primary N) is 1. The second-order valence-electron chi connectivity index (χ2n) is 4.13. The number of fused-ring (bicyclic) bond motifs is 3. The summed E-state index contributed by atoms with van der Waals surface area (Å²) in [5.41, 5.74) is 8.80. The number of benzene rings is 1. The lowest BCUT2D eigenvalue weighted by atomic mass is 10.2. The van der Waals surface area contributed by atoms with E-state index in [4.69, 9.17) is 5.73 Å². The predicted octanol–water partition coefficient (Wildman–Crippen LogP) is 1.62. The number of aryl methyl sites for hydroxylation is 1. The van der Waals surface area contributed by atoms with E-state index >= 15 is 0 Å². The van der Waals surface area contributed by atoms with Gasteiger partial charge in [-0.25, -0.2) is 9.97 Å². The van der Waals surface area contributed by atoms with E-state index < -0.39 is 0 Å². The van der Waals surface area contributed by atoms with Crippen molar-refractivity contribution in [2.24, 2.45) is 12.8 Å². The van der Waals surface area contributed by atoms with Crippen LogP contribution in [0.1, 0.15) is 5.82 Å². The molecule has 0 bridgehead atoms. The Bertz CT molecular complexity index is 684. The quantitative estimate of drug-likeness (QED) is 0.722. The molecule has 0 atom stereocenters. The SMILES string of the molecule is Cn1c2ccccc2c2nc(CCN)ncc21. The van der Waals surface area contributed by atoms with Crippen LogP contribution in [0.25, 0.3) is 21.9 Å². The average molecular weight is 226 g/mol. The van der Waals surface area contributed by atoms with Gasteiger partial charge in [-0.3, -0.25) is 0 Å². The van der Waals surface area contributed by atoms with Gasteiger partial charge in [0.2, 0.25) is 0 Å². The minimum atomic E-state index is 0.580. The number of nitrogens with zero attached hydrogens (tertiary/aromatic N) is 3. The summed E-state index contributed by atoms with van der Waals surface area (Å²) in [6, 6.07) is 8.26. The molecule has 0 fully saturated rings. The van der Waals surface area contributed by atoms with Gasteiger partial charge in [0.15, 0.2) is 0 Å². The highest BCUT2D eigenvalue weighted by Gasteiger charge is 2.09. The fourth-order valence-electron chi connectivity index (χ4n) is 2.20. The second-order valence-corrected chi connectivity index (χ2v) is 4.13. The summed E-state index contributed by atoms with van der Waals surface area (Å²) in [4.78, 5) is 8.94. The molecule has 2 aromatic heterocycles.